The van der Waals surface area contributed by atoms with Crippen LogP contribution < -0.4 is 9.83 Å². The zero-order valence-electron chi connectivity index (χ0n) is 13.1. The first-order valence-electron chi connectivity index (χ1n) is 7.54. The second kappa shape index (κ2) is 5.79. The van der Waals surface area contributed by atoms with Crippen LogP contribution in [0, 0.1) is 0 Å². The van der Waals surface area contributed by atoms with Gasteiger partial charge in [0.1, 0.15) is 5.75 Å². The SMILES string of the molecule is CC(C)N(C(C)C)P1Oc2ccccc2-c2ccccc21. The summed E-state index contributed by atoms with van der Waals surface area (Å²) in [5.74, 6) is 1.01. The van der Waals surface area contributed by atoms with Crippen LogP contribution in [-0.2, 0) is 0 Å². The van der Waals surface area contributed by atoms with Crippen molar-refractivity contribution in [2.24, 2.45) is 0 Å². The van der Waals surface area contributed by atoms with Crippen LogP contribution in [0.2, 0.25) is 0 Å². The van der Waals surface area contributed by atoms with E-state index in [1.807, 2.05) is 0 Å². The minimum Gasteiger partial charge on any atom is -0.453 e. The van der Waals surface area contributed by atoms with Gasteiger partial charge >= 0.3 is 0 Å². The molecule has 1 atom stereocenters. The van der Waals surface area contributed by atoms with E-state index < -0.39 is 8.30 Å². The van der Waals surface area contributed by atoms with Crippen LogP contribution in [0.4, 0.5) is 0 Å². The monoisotopic (exact) mass is 299 g/mol. The van der Waals surface area contributed by atoms with E-state index in [-0.39, 0.29) is 0 Å². The van der Waals surface area contributed by atoms with Crippen molar-refractivity contribution in [3.05, 3.63) is 48.5 Å². The molecule has 1 aliphatic heterocycles. The highest BCUT2D eigenvalue weighted by molar-refractivity contribution is 7.59. The molecule has 1 aliphatic rings. The smallest absolute Gasteiger partial charge is 0.198 e. The van der Waals surface area contributed by atoms with Crippen molar-refractivity contribution in [2.75, 3.05) is 0 Å². The van der Waals surface area contributed by atoms with E-state index >= 15 is 0 Å². The van der Waals surface area contributed by atoms with Crippen molar-refractivity contribution in [3.63, 3.8) is 0 Å². The highest BCUT2D eigenvalue weighted by atomic mass is 31.2. The Labute approximate surface area is 128 Å². The highest BCUT2D eigenvalue weighted by Crippen LogP contribution is 2.52. The molecule has 0 aliphatic carbocycles. The fourth-order valence-electron chi connectivity index (χ4n) is 2.97. The van der Waals surface area contributed by atoms with Gasteiger partial charge in [0.15, 0.2) is 8.30 Å². The maximum Gasteiger partial charge on any atom is 0.198 e. The Morgan fingerprint density at radius 1 is 0.810 bits per heavy atom. The summed E-state index contributed by atoms with van der Waals surface area (Å²) in [5.41, 5.74) is 2.52. The summed E-state index contributed by atoms with van der Waals surface area (Å²) < 4.78 is 8.92. The average molecular weight is 299 g/mol. The van der Waals surface area contributed by atoms with E-state index in [0.29, 0.717) is 12.1 Å². The third-order valence-corrected chi connectivity index (χ3v) is 6.26. The molecule has 0 spiro atoms. The second-order valence-corrected chi connectivity index (χ2v) is 7.62. The Morgan fingerprint density at radius 3 is 2.05 bits per heavy atom. The predicted molar refractivity (Wildman–Crippen MR) is 91.2 cm³/mol. The van der Waals surface area contributed by atoms with Crippen molar-refractivity contribution in [2.45, 2.75) is 39.8 Å². The number of nitrogens with zero attached hydrogens (tertiary/aromatic N) is 1. The first-order valence-corrected chi connectivity index (χ1v) is 8.75. The van der Waals surface area contributed by atoms with Gasteiger partial charge in [-0.3, -0.25) is 0 Å². The average Bonchev–Trinajstić information content (AvgIpc) is 2.47. The predicted octanol–water partition coefficient (Wildman–Crippen LogP) is 4.80. The molecule has 2 aromatic rings. The van der Waals surface area contributed by atoms with Crippen LogP contribution in [0.5, 0.6) is 5.75 Å². The van der Waals surface area contributed by atoms with Gasteiger partial charge in [0.05, 0.1) is 0 Å². The number of benzene rings is 2. The van der Waals surface area contributed by atoms with Gasteiger partial charge in [-0.15, -0.1) is 0 Å². The number of fused-ring (bicyclic) bond motifs is 3. The van der Waals surface area contributed by atoms with Crippen LogP contribution in [0.15, 0.2) is 48.5 Å². The first kappa shape index (κ1) is 14.6. The van der Waals surface area contributed by atoms with Gasteiger partial charge in [0, 0.05) is 23.0 Å². The van der Waals surface area contributed by atoms with Crippen LogP contribution in [0.25, 0.3) is 11.1 Å². The molecule has 0 N–H and O–H groups in total. The third-order valence-electron chi connectivity index (χ3n) is 3.74. The molecular formula is C18H22NOP. The summed E-state index contributed by atoms with van der Waals surface area (Å²) in [6.07, 6.45) is 0. The molecule has 0 saturated heterocycles. The Balaban J connectivity index is 2.13. The minimum atomic E-state index is -0.783. The summed E-state index contributed by atoms with van der Waals surface area (Å²) in [5, 5.41) is 1.33. The van der Waals surface area contributed by atoms with Gasteiger partial charge < -0.3 is 4.52 Å². The maximum atomic E-state index is 6.43. The fraction of sp³-hybridized carbons (Fsp3) is 0.333. The van der Waals surface area contributed by atoms with Crippen LogP contribution in [0.3, 0.4) is 0 Å². The maximum absolute atomic E-state index is 6.43. The van der Waals surface area contributed by atoms with E-state index in [1.165, 1.54) is 16.4 Å². The molecule has 2 nitrogen and oxygen atoms in total. The number of hydrogen-bond donors (Lipinski definition) is 0. The summed E-state index contributed by atoms with van der Waals surface area (Å²) in [6.45, 7) is 8.98. The molecule has 1 heterocycles. The van der Waals surface area contributed by atoms with Crippen LogP contribution in [0.1, 0.15) is 27.7 Å². The van der Waals surface area contributed by atoms with Crippen molar-refractivity contribution in [3.8, 4) is 16.9 Å². The van der Waals surface area contributed by atoms with E-state index in [0.717, 1.165) is 5.75 Å². The van der Waals surface area contributed by atoms with Crippen molar-refractivity contribution in [1.29, 1.82) is 0 Å². The van der Waals surface area contributed by atoms with Crippen molar-refractivity contribution in [1.82, 2.24) is 4.67 Å². The van der Waals surface area contributed by atoms with Gasteiger partial charge in [0.2, 0.25) is 0 Å². The fourth-order valence-corrected chi connectivity index (χ4v) is 5.21. The number of para-hydroxylation sites is 1. The molecule has 0 saturated carbocycles. The number of hydrogen-bond acceptors (Lipinski definition) is 2. The molecular weight excluding hydrogens is 277 g/mol. The molecule has 0 radical (unpaired) electrons. The molecule has 0 amide bonds. The van der Waals surface area contributed by atoms with Crippen molar-refractivity contribution < 1.29 is 4.52 Å². The standard InChI is InChI=1S/C18H22NOP/c1-13(2)19(14(3)4)21-18-12-8-6-10-16(18)15-9-5-7-11-17(15)20-21/h5-14H,1-4H3. The Bertz CT molecular complexity index is 631. The van der Waals surface area contributed by atoms with E-state index in [4.69, 9.17) is 4.52 Å². The lowest BCUT2D eigenvalue weighted by Gasteiger charge is -2.40. The molecule has 3 heteroatoms. The normalized spacial score (nSPS) is 16.8. The van der Waals surface area contributed by atoms with Gasteiger partial charge in [-0.05, 0) is 45.4 Å². The van der Waals surface area contributed by atoms with Crippen LogP contribution in [-0.4, -0.2) is 16.8 Å². The molecule has 0 aromatic heterocycles. The zero-order chi connectivity index (χ0) is 15.0. The lowest BCUT2D eigenvalue weighted by molar-refractivity contribution is 0.303. The minimum absolute atomic E-state index is 0.453. The quantitative estimate of drug-likeness (QED) is 0.755. The summed E-state index contributed by atoms with van der Waals surface area (Å²) in [6, 6.07) is 17.9. The van der Waals surface area contributed by atoms with E-state index in [1.54, 1.807) is 0 Å². The van der Waals surface area contributed by atoms with Gasteiger partial charge in [0.25, 0.3) is 0 Å². The van der Waals surface area contributed by atoms with Gasteiger partial charge in [-0.25, -0.2) is 4.67 Å². The molecule has 0 bridgehead atoms. The number of rotatable bonds is 3. The molecule has 1 unspecified atom stereocenters. The zero-order valence-corrected chi connectivity index (χ0v) is 14.0. The summed E-state index contributed by atoms with van der Waals surface area (Å²) in [7, 11) is -0.783. The lowest BCUT2D eigenvalue weighted by atomic mass is 10.0. The van der Waals surface area contributed by atoms with Gasteiger partial charge in [-0.2, -0.15) is 0 Å². The Morgan fingerprint density at radius 2 is 1.38 bits per heavy atom. The largest absolute Gasteiger partial charge is 0.453 e. The summed E-state index contributed by atoms with van der Waals surface area (Å²) >= 11 is 0. The van der Waals surface area contributed by atoms with Crippen LogP contribution >= 0.6 is 8.30 Å². The van der Waals surface area contributed by atoms with E-state index in [2.05, 4.69) is 80.9 Å². The van der Waals surface area contributed by atoms with Crippen molar-refractivity contribution >= 4 is 13.6 Å². The topological polar surface area (TPSA) is 12.5 Å². The molecule has 21 heavy (non-hydrogen) atoms. The Kier molecular flexibility index (Phi) is 4.01. The summed E-state index contributed by atoms with van der Waals surface area (Å²) in [4.78, 5) is 0. The first-order chi connectivity index (χ1) is 10.1. The molecule has 110 valence electrons. The molecule has 2 aromatic carbocycles. The third kappa shape index (κ3) is 2.59. The van der Waals surface area contributed by atoms with E-state index in [9.17, 15) is 0 Å². The highest BCUT2D eigenvalue weighted by Gasteiger charge is 2.34. The second-order valence-electron chi connectivity index (χ2n) is 5.95. The molecule has 0 fully saturated rings. The lowest BCUT2D eigenvalue weighted by Crippen LogP contribution is -2.38. The van der Waals surface area contributed by atoms with Gasteiger partial charge in [-0.1, -0.05) is 36.4 Å². The Hall–Kier alpha value is -1.37. The molecule has 3 rings (SSSR count).